The Morgan fingerprint density at radius 2 is 1.69 bits per heavy atom. The van der Waals surface area contributed by atoms with Gasteiger partial charge < -0.3 is 34.2 Å². The summed E-state index contributed by atoms with van der Waals surface area (Å²) in [6.07, 6.45) is 0.303. The largest absolute Gasteiger partial charge is 0.454 e. The van der Waals surface area contributed by atoms with Crippen LogP contribution < -0.4 is 20.1 Å². The van der Waals surface area contributed by atoms with E-state index in [-0.39, 0.29) is 36.3 Å². The highest BCUT2D eigenvalue weighted by atomic mass is 16.7. The number of benzene rings is 1. The van der Waals surface area contributed by atoms with Crippen molar-refractivity contribution in [1.82, 2.24) is 25.7 Å². The molecule has 3 atom stereocenters. The Labute approximate surface area is 244 Å². The molecule has 0 saturated carbocycles. The van der Waals surface area contributed by atoms with E-state index in [1.165, 1.54) is 12.0 Å². The lowest BCUT2D eigenvalue weighted by atomic mass is 9.84. The molecule has 1 saturated heterocycles. The molecule has 13 nitrogen and oxygen atoms in total. The molecule has 4 rings (SSSR count). The molecular formula is C29H39N5O8. The van der Waals surface area contributed by atoms with Crippen molar-refractivity contribution in [2.45, 2.75) is 77.9 Å². The van der Waals surface area contributed by atoms with Crippen molar-refractivity contribution in [3.63, 3.8) is 0 Å². The predicted molar refractivity (Wildman–Crippen MR) is 149 cm³/mol. The number of ether oxygens (including phenoxy) is 3. The summed E-state index contributed by atoms with van der Waals surface area (Å²) < 4.78 is 21.4. The van der Waals surface area contributed by atoms with Crippen molar-refractivity contribution in [3.05, 3.63) is 35.5 Å². The van der Waals surface area contributed by atoms with Gasteiger partial charge in [-0.2, -0.15) is 0 Å². The molecule has 3 amide bonds. The van der Waals surface area contributed by atoms with Gasteiger partial charge in [-0.1, -0.05) is 33.8 Å². The van der Waals surface area contributed by atoms with E-state index in [9.17, 15) is 19.2 Å². The molecule has 228 valence electrons. The maximum Gasteiger partial charge on any atom is 0.407 e. The topological polar surface area (TPSA) is 162 Å². The monoisotopic (exact) mass is 585 g/mol. The summed E-state index contributed by atoms with van der Waals surface area (Å²) >= 11 is 0. The number of amides is 3. The van der Waals surface area contributed by atoms with Crippen molar-refractivity contribution in [2.24, 2.45) is 11.8 Å². The highest BCUT2D eigenvalue weighted by molar-refractivity contribution is 6.00. The number of Topliss-reactive ketones (excluding diaryl/α,β-unsaturated/α-hetero) is 1. The fraction of sp³-hybridized carbons (Fsp3) is 0.586. The molecule has 0 spiro atoms. The normalized spacial score (nSPS) is 17.7. The lowest BCUT2D eigenvalue weighted by molar-refractivity contribution is -0.141. The Morgan fingerprint density at radius 1 is 1.00 bits per heavy atom. The van der Waals surface area contributed by atoms with Crippen LogP contribution in [0.2, 0.25) is 0 Å². The number of carbonyl (C=O) groups excluding carboxylic acids is 4. The van der Waals surface area contributed by atoms with Crippen LogP contribution in [0.5, 0.6) is 11.5 Å². The summed E-state index contributed by atoms with van der Waals surface area (Å²) in [5.41, 5.74) is 0.0782. The molecule has 2 N–H and O–H groups in total. The van der Waals surface area contributed by atoms with E-state index in [2.05, 4.69) is 25.6 Å². The highest BCUT2D eigenvalue weighted by Crippen LogP contribution is 2.38. The average molecular weight is 586 g/mol. The Bertz CT molecular complexity index is 1340. The van der Waals surface area contributed by atoms with Gasteiger partial charge in [-0.3, -0.25) is 14.4 Å². The predicted octanol–water partition coefficient (Wildman–Crippen LogP) is 2.82. The average Bonchev–Trinajstić information content (AvgIpc) is 3.73. The summed E-state index contributed by atoms with van der Waals surface area (Å²) in [4.78, 5) is 53.7. The number of ketones is 1. The van der Waals surface area contributed by atoms with Gasteiger partial charge in [-0.15, -0.1) is 10.2 Å². The zero-order chi connectivity index (χ0) is 30.8. The standard InChI is InChI=1S/C29H39N5O8/c1-15(2)21(30-24(36)18-9-8-12-34(18)26(37)22(16(3)4)31-28(38)39-7)23(35)25-32-33-27(42-25)29(5,6)17-10-11-19-20(13-17)41-14-40-19/h10-11,13,15-16,18,21-22H,8-9,12,14H2,1-7H3,(H,30,36)(H,31,38)/t18-,21-,22-/m0/s1. The maximum absolute atomic E-state index is 13.5. The Kier molecular flexibility index (Phi) is 9.07. The number of hydrogen-bond acceptors (Lipinski definition) is 10. The van der Waals surface area contributed by atoms with Crippen LogP contribution in [0.3, 0.4) is 0 Å². The quantitative estimate of drug-likeness (QED) is 0.397. The SMILES string of the molecule is COC(=O)N[C@H](C(=O)N1CCC[C@H]1C(=O)N[C@H](C(=O)c1nnc(C(C)(C)c2ccc3c(c2)OCO3)o1)C(C)C)C(C)C. The molecule has 0 bridgehead atoms. The fourth-order valence-electron chi connectivity index (χ4n) is 5.08. The van der Waals surface area contributed by atoms with Gasteiger partial charge in [0.15, 0.2) is 11.5 Å². The first kappa shape index (κ1) is 30.8. The highest BCUT2D eigenvalue weighted by Gasteiger charge is 2.41. The number of nitrogens with zero attached hydrogens (tertiary/aromatic N) is 3. The molecule has 1 aromatic heterocycles. The summed E-state index contributed by atoms with van der Waals surface area (Å²) in [6, 6.07) is 2.89. The third kappa shape index (κ3) is 6.19. The van der Waals surface area contributed by atoms with Crippen molar-refractivity contribution < 1.29 is 37.8 Å². The number of carbonyl (C=O) groups is 4. The molecule has 1 fully saturated rings. The maximum atomic E-state index is 13.5. The molecular weight excluding hydrogens is 546 g/mol. The van der Waals surface area contributed by atoms with Crippen molar-refractivity contribution in [2.75, 3.05) is 20.4 Å². The van der Waals surface area contributed by atoms with Gasteiger partial charge >= 0.3 is 6.09 Å². The number of nitrogens with one attached hydrogen (secondary N) is 2. The van der Waals surface area contributed by atoms with Gasteiger partial charge in [-0.25, -0.2) is 4.79 Å². The first-order valence-corrected chi connectivity index (χ1v) is 14.1. The van der Waals surface area contributed by atoms with Crippen LogP contribution in [0.1, 0.15) is 76.5 Å². The number of methoxy groups -OCH3 is 1. The van der Waals surface area contributed by atoms with Crippen LogP contribution in [0.15, 0.2) is 22.6 Å². The molecule has 2 aromatic rings. The van der Waals surface area contributed by atoms with Gasteiger partial charge in [0, 0.05) is 6.54 Å². The zero-order valence-electron chi connectivity index (χ0n) is 25.1. The number of rotatable bonds is 10. The second kappa shape index (κ2) is 12.4. The smallest absolute Gasteiger partial charge is 0.407 e. The lowest BCUT2D eigenvalue weighted by Crippen LogP contribution is -2.57. The lowest BCUT2D eigenvalue weighted by Gasteiger charge is -2.31. The minimum absolute atomic E-state index is 0.149. The number of fused-ring (bicyclic) bond motifs is 1. The summed E-state index contributed by atoms with van der Waals surface area (Å²) in [5.74, 6) is -0.660. The number of likely N-dealkylation sites (tertiary alicyclic amines) is 1. The molecule has 42 heavy (non-hydrogen) atoms. The molecule has 2 aliphatic heterocycles. The van der Waals surface area contributed by atoms with Crippen LogP contribution in [0.4, 0.5) is 4.79 Å². The second-order valence-electron chi connectivity index (χ2n) is 11.7. The minimum Gasteiger partial charge on any atom is -0.454 e. The van der Waals surface area contributed by atoms with E-state index < -0.39 is 41.3 Å². The number of aromatic nitrogens is 2. The first-order valence-electron chi connectivity index (χ1n) is 14.1. The van der Waals surface area contributed by atoms with E-state index in [4.69, 9.17) is 13.9 Å². The Balaban J connectivity index is 1.49. The van der Waals surface area contributed by atoms with Crippen molar-refractivity contribution in [1.29, 1.82) is 0 Å². The van der Waals surface area contributed by atoms with Crippen molar-refractivity contribution >= 4 is 23.7 Å². The van der Waals surface area contributed by atoms with E-state index in [0.717, 1.165) is 5.56 Å². The summed E-state index contributed by atoms with van der Waals surface area (Å²) in [7, 11) is 1.22. The van der Waals surface area contributed by atoms with Gasteiger partial charge in [0.2, 0.25) is 30.3 Å². The van der Waals surface area contributed by atoms with E-state index in [1.54, 1.807) is 33.8 Å². The summed E-state index contributed by atoms with van der Waals surface area (Å²) in [5, 5.41) is 13.6. The van der Waals surface area contributed by atoms with Crippen LogP contribution in [-0.2, 0) is 19.7 Å². The second-order valence-corrected chi connectivity index (χ2v) is 11.7. The molecule has 0 unspecified atom stereocenters. The molecule has 2 aliphatic rings. The fourth-order valence-corrected chi connectivity index (χ4v) is 5.08. The van der Waals surface area contributed by atoms with Gasteiger partial charge in [-0.05, 0) is 56.2 Å². The Hall–Kier alpha value is -4.16. The van der Waals surface area contributed by atoms with E-state index in [1.807, 2.05) is 26.0 Å². The van der Waals surface area contributed by atoms with Gasteiger partial charge in [0.1, 0.15) is 12.1 Å². The minimum atomic E-state index is -0.967. The van der Waals surface area contributed by atoms with Crippen molar-refractivity contribution in [3.8, 4) is 11.5 Å². The number of alkyl carbamates (subject to hydrolysis) is 1. The molecule has 0 radical (unpaired) electrons. The van der Waals surface area contributed by atoms with Crippen LogP contribution in [0.25, 0.3) is 0 Å². The number of hydrogen-bond donors (Lipinski definition) is 2. The van der Waals surface area contributed by atoms with Crippen LogP contribution in [-0.4, -0.2) is 77.4 Å². The third-order valence-corrected chi connectivity index (χ3v) is 7.74. The van der Waals surface area contributed by atoms with Crippen LogP contribution in [0, 0.1) is 11.8 Å². The first-order chi connectivity index (χ1) is 19.8. The Morgan fingerprint density at radius 3 is 2.36 bits per heavy atom. The molecule has 3 heterocycles. The zero-order valence-corrected chi connectivity index (χ0v) is 25.1. The van der Waals surface area contributed by atoms with E-state index >= 15 is 0 Å². The molecule has 13 heteroatoms. The van der Waals surface area contributed by atoms with Crippen LogP contribution >= 0.6 is 0 Å². The third-order valence-electron chi connectivity index (χ3n) is 7.74. The molecule has 0 aliphatic carbocycles. The van der Waals surface area contributed by atoms with E-state index in [0.29, 0.717) is 30.9 Å². The molecule has 1 aromatic carbocycles. The van der Waals surface area contributed by atoms with Gasteiger partial charge in [0.05, 0.1) is 18.6 Å². The van der Waals surface area contributed by atoms with Gasteiger partial charge in [0.25, 0.3) is 5.89 Å². The summed E-state index contributed by atoms with van der Waals surface area (Å²) in [6.45, 7) is 11.5.